The van der Waals surface area contributed by atoms with Crippen molar-refractivity contribution < 1.29 is 19.1 Å². The maximum absolute atomic E-state index is 12.5. The lowest BCUT2D eigenvalue weighted by atomic mass is 10.2. The molecule has 1 atom stereocenters. The Labute approximate surface area is 125 Å². The fourth-order valence-electron chi connectivity index (χ4n) is 2.88. The van der Waals surface area contributed by atoms with E-state index in [1.54, 1.807) is 0 Å². The molecule has 6 heteroatoms. The van der Waals surface area contributed by atoms with E-state index in [4.69, 9.17) is 9.47 Å². The number of methoxy groups -OCH3 is 1. The van der Waals surface area contributed by atoms with Crippen LogP contribution in [0.5, 0.6) is 0 Å². The fraction of sp³-hybridized carbons (Fsp3) is 0.733. The number of carbonyl (C=O) groups is 2. The summed E-state index contributed by atoms with van der Waals surface area (Å²) in [7, 11) is 1.36. The number of esters is 1. The van der Waals surface area contributed by atoms with E-state index in [-0.39, 0.29) is 25.0 Å². The molecule has 2 rings (SSSR count). The molecule has 0 aromatic heterocycles. The molecule has 0 aromatic carbocycles. The van der Waals surface area contributed by atoms with Crippen molar-refractivity contribution in [2.75, 3.05) is 40.0 Å². The highest BCUT2D eigenvalue weighted by Crippen LogP contribution is 2.22. The van der Waals surface area contributed by atoms with Gasteiger partial charge in [-0.25, -0.2) is 0 Å². The number of hydrogen-bond donors (Lipinski definition) is 0. The third kappa shape index (κ3) is 3.83. The Morgan fingerprint density at radius 1 is 1.52 bits per heavy atom. The average molecular weight is 296 g/mol. The lowest BCUT2D eigenvalue weighted by molar-refractivity contribution is -0.154. The van der Waals surface area contributed by atoms with Crippen LogP contribution in [0.15, 0.2) is 11.8 Å². The van der Waals surface area contributed by atoms with Crippen LogP contribution in [0.25, 0.3) is 0 Å². The summed E-state index contributed by atoms with van der Waals surface area (Å²) in [6, 6.07) is -0.482. The van der Waals surface area contributed by atoms with E-state index < -0.39 is 6.04 Å². The van der Waals surface area contributed by atoms with E-state index >= 15 is 0 Å². The quantitative estimate of drug-likeness (QED) is 0.702. The van der Waals surface area contributed by atoms with Crippen LogP contribution >= 0.6 is 0 Å². The molecule has 0 bridgehead atoms. The molecule has 0 aromatic rings. The molecule has 1 amide bonds. The zero-order valence-electron chi connectivity index (χ0n) is 12.8. The van der Waals surface area contributed by atoms with Crippen molar-refractivity contribution >= 4 is 11.9 Å². The number of rotatable bonds is 5. The molecule has 21 heavy (non-hydrogen) atoms. The Morgan fingerprint density at radius 3 is 2.95 bits per heavy atom. The van der Waals surface area contributed by atoms with E-state index in [9.17, 15) is 9.59 Å². The van der Waals surface area contributed by atoms with Crippen molar-refractivity contribution in [2.45, 2.75) is 32.2 Å². The number of carbonyl (C=O) groups excluding carboxylic acids is 2. The van der Waals surface area contributed by atoms with Crippen LogP contribution in [0.1, 0.15) is 26.2 Å². The Hall–Kier alpha value is -1.40. The Kier molecular flexibility index (Phi) is 5.76. The van der Waals surface area contributed by atoms with Crippen molar-refractivity contribution in [3.8, 4) is 0 Å². The van der Waals surface area contributed by atoms with Gasteiger partial charge in [-0.15, -0.1) is 0 Å². The number of ether oxygens (including phenoxy) is 2. The SMILES string of the molecule is CCN(C(=O)CN1CCOCC1C(=O)OC)C1=CCCC1. The fourth-order valence-corrected chi connectivity index (χ4v) is 2.88. The van der Waals surface area contributed by atoms with Gasteiger partial charge in [0.1, 0.15) is 6.04 Å². The lowest BCUT2D eigenvalue weighted by Crippen LogP contribution is -2.53. The number of hydrogen-bond acceptors (Lipinski definition) is 5. The van der Waals surface area contributed by atoms with Crippen LogP contribution in [-0.2, 0) is 19.1 Å². The molecule has 0 radical (unpaired) electrons. The van der Waals surface area contributed by atoms with Crippen LogP contribution in [0.3, 0.4) is 0 Å². The van der Waals surface area contributed by atoms with Gasteiger partial charge in [0.05, 0.1) is 26.9 Å². The number of likely N-dealkylation sites (N-methyl/N-ethyl adjacent to an activating group) is 1. The summed E-state index contributed by atoms with van der Waals surface area (Å²) in [4.78, 5) is 28.0. The second kappa shape index (κ2) is 7.56. The maximum Gasteiger partial charge on any atom is 0.325 e. The third-order valence-electron chi connectivity index (χ3n) is 4.03. The van der Waals surface area contributed by atoms with Gasteiger partial charge in [0.2, 0.25) is 5.91 Å². The molecule has 0 saturated carbocycles. The summed E-state index contributed by atoms with van der Waals surface area (Å²) in [5.74, 6) is -0.299. The topological polar surface area (TPSA) is 59.1 Å². The molecule has 1 unspecified atom stereocenters. The molecule has 1 heterocycles. The van der Waals surface area contributed by atoms with Crippen molar-refractivity contribution in [2.24, 2.45) is 0 Å². The van der Waals surface area contributed by atoms with Gasteiger partial charge in [-0.05, 0) is 26.2 Å². The van der Waals surface area contributed by atoms with E-state index in [0.717, 1.165) is 25.0 Å². The predicted molar refractivity (Wildman–Crippen MR) is 77.5 cm³/mol. The molecule has 0 N–H and O–H groups in total. The van der Waals surface area contributed by atoms with Crippen molar-refractivity contribution in [1.82, 2.24) is 9.80 Å². The van der Waals surface area contributed by atoms with Crippen LogP contribution in [-0.4, -0.2) is 67.7 Å². The minimum absolute atomic E-state index is 0.0430. The van der Waals surface area contributed by atoms with Gasteiger partial charge in [0, 0.05) is 18.8 Å². The van der Waals surface area contributed by atoms with Gasteiger partial charge < -0.3 is 14.4 Å². The number of amides is 1. The highest BCUT2D eigenvalue weighted by atomic mass is 16.5. The Balaban J connectivity index is 2.00. The monoisotopic (exact) mass is 296 g/mol. The van der Waals surface area contributed by atoms with E-state index in [1.807, 2.05) is 16.7 Å². The van der Waals surface area contributed by atoms with Crippen LogP contribution < -0.4 is 0 Å². The second-order valence-corrected chi connectivity index (χ2v) is 5.31. The molecule has 118 valence electrons. The Morgan fingerprint density at radius 2 is 2.33 bits per heavy atom. The molecule has 1 saturated heterocycles. The van der Waals surface area contributed by atoms with E-state index in [1.165, 1.54) is 7.11 Å². The summed E-state index contributed by atoms with van der Waals surface area (Å²) >= 11 is 0. The first kappa shape index (κ1) is 16.0. The summed E-state index contributed by atoms with van der Waals surface area (Å²) in [6.07, 6.45) is 5.25. The van der Waals surface area contributed by atoms with Crippen LogP contribution in [0, 0.1) is 0 Å². The third-order valence-corrected chi connectivity index (χ3v) is 4.03. The molecule has 0 spiro atoms. The van der Waals surface area contributed by atoms with E-state index in [0.29, 0.717) is 19.7 Å². The molecule has 1 fully saturated rings. The summed E-state index contributed by atoms with van der Waals surface area (Å²) in [5, 5.41) is 0. The van der Waals surface area contributed by atoms with Crippen molar-refractivity contribution in [3.63, 3.8) is 0 Å². The highest BCUT2D eigenvalue weighted by Gasteiger charge is 2.32. The minimum Gasteiger partial charge on any atom is -0.468 e. The Bertz CT molecular complexity index is 422. The van der Waals surface area contributed by atoms with Gasteiger partial charge in [0.15, 0.2) is 0 Å². The van der Waals surface area contributed by atoms with Crippen LogP contribution in [0.2, 0.25) is 0 Å². The van der Waals surface area contributed by atoms with Gasteiger partial charge >= 0.3 is 5.97 Å². The predicted octanol–water partition coefficient (Wildman–Crippen LogP) is 0.776. The molecular weight excluding hydrogens is 272 g/mol. The number of morpholine rings is 1. The van der Waals surface area contributed by atoms with Gasteiger partial charge in [0.25, 0.3) is 0 Å². The standard InChI is InChI=1S/C15H24N2O4/c1-3-17(12-6-4-5-7-12)14(18)10-16-8-9-21-11-13(16)15(19)20-2/h6,13H,3-5,7-11H2,1-2H3. The van der Waals surface area contributed by atoms with Gasteiger partial charge in [-0.2, -0.15) is 0 Å². The summed E-state index contributed by atoms with van der Waals surface area (Å²) < 4.78 is 10.1. The van der Waals surface area contributed by atoms with Crippen molar-refractivity contribution in [3.05, 3.63) is 11.8 Å². The molecule has 6 nitrogen and oxygen atoms in total. The molecule has 1 aliphatic heterocycles. The molecular formula is C15H24N2O4. The molecule has 2 aliphatic rings. The first-order valence-electron chi connectivity index (χ1n) is 7.56. The normalized spacial score (nSPS) is 22.8. The zero-order chi connectivity index (χ0) is 15.2. The van der Waals surface area contributed by atoms with E-state index in [2.05, 4.69) is 6.08 Å². The van der Waals surface area contributed by atoms with Gasteiger partial charge in [-0.3, -0.25) is 14.5 Å². The minimum atomic E-state index is -0.482. The van der Waals surface area contributed by atoms with Gasteiger partial charge in [-0.1, -0.05) is 6.08 Å². The number of nitrogens with zero attached hydrogens (tertiary/aromatic N) is 2. The lowest BCUT2D eigenvalue weighted by Gasteiger charge is -2.34. The second-order valence-electron chi connectivity index (χ2n) is 5.31. The first-order valence-corrected chi connectivity index (χ1v) is 7.56. The van der Waals surface area contributed by atoms with Crippen LogP contribution in [0.4, 0.5) is 0 Å². The summed E-state index contributed by atoms with van der Waals surface area (Å²) in [5.41, 5.74) is 1.12. The van der Waals surface area contributed by atoms with Crippen molar-refractivity contribution in [1.29, 1.82) is 0 Å². The maximum atomic E-state index is 12.5. The largest absolute Gasteiger partial charge is 0.468 e. The highest BCUT2D eigenvalue weighted by molar-refractivity contribution is 5.82. The number of allylic oxidation sites excluding steroid dienone is 2. The first-order chi connectivity index (χ1) is 10.2. The molecule has 1 aliphatic carbocycles. The smallest absolute Gasteiger partial charge is 0.325 e. The zero-order valence-corrected chi connectivity index (χ0v) is 12.8. The average Bonchev–Trinajstić information content (AvgIpc) is 3.02. The summed E-state index contributed by atoms with van der Waals surface area (Å²) in [6.45, 7) is 4.27.